The van der Waals surface area contributed by atoms with Crippen LogP contribution in [0, 0.1) is 0 Å². The maximum Gasteiger partial charge on any atom is 0.343 e. The van der Waals surface area contributed by atoms with E-state index in [1.807, 2.05) is 0 Å². The first-order chi connectivity index (χ1) is 14.4. The molecule has 0 aromatic heterocycles. The summed E-state index contributed by atoms with van der Waals surface area (Å²) in [5.41, 5.74) is 1.44. The van der Waals surface area contributed by atoms with Gasteiger partial charge in [-0.15, -0.1) is 0 Å². The van der Waals surface area contributed by atoms with E-state index in [4.69, 9.17) is 14.2 Å². The molecule has 0 fully saturated rings. The Balaban J connectivity index is 1.84. The molecule has 2 aromatic rings. The standard InChI is InChI=1S/C23H22O7/c1-16(2)22(25)29-15-14-28-19-11-7-18(8-12-19)23(26)30-20-9-4-17(5-10-20)6-13-21(24)27-3/h4-13H,1,14-15H2,2-3H3/b13-6+. The van der Waals surface area contributed by atoms with Gasteiger partial charge in [-0.1, -0.05) is 18.7 Å². The summed E-state index contributed by atoms with van der Waals surface area (Å²) < 4.78 is 20.2. The first-order valence-corrected chi connectivity index (χ1v) is 9.03. The molecule has 0 aliphatic heterocycles. The third kappa shape index (κ3) is 7.27. The largest absolute Gasteiger partial charge is 0.490 e. The number of ether oxygens (including phenoxy) is 4. The number of hydrogen-bond acceptors (Lipinski definition) is 7. The average Bonchev–Trinajstić information content (AvgIpc) is 2.76. The molecule has 0 aliphatic carbocycles. The highest BCUT2D eigenvalue weighted by molar-refractivity contribution is 5.91. The summed E-state index contributed by atoms with van der Waals surface area (Å²) >= 11 is 0. The molecule has 0 bridgehead atoms. The summed E-state index contributed by atoms with van der Waals surface area (Å²) in [6.07, 6.45) is 2.89. The van der Waals surface area contributed by atoms with Crippen LogP contribution in [0.15, 0.2) is 66.8 Å². The summed E-state index contributed by atoms with van der Waals surface area (Å²) in [6, 6.07) is 13.1. The van der Waals surface area contributed by atoms with E-state index >= 15 is 0 Å². The molecular weight excluding hydrogens is 388 g/mol. The zero-order chi connectivity index (χ0) is 21.9. The maximum atomic E-state index is 12.3. The summed E-state index contributed by atoms with van der Waals surface area (Å²) in [6.45, 7) is 5.34. The van der Waals surface area contributed by atoms with Crippen LogP contribution in [0.4, 0.5) is 0 Å². The highest BCUT2D eigenvalue weighted by atomic mass is 16.6. The molecule has 0 spiro atoms. The zero-order valence-electron chi connectivity index (χ0n) is 16.8. The summed E-state index contributed by atoms with van der Waals surface area (Å²) in [5.74, 6) is -0.542. The summed E-state index contributed by atoms with van der Waals surface area (Å²) in [5, 5.41) is 0. The lowest BCUT2D eigenvalue weighted by atomic mass is 10.2. The molecule has 2 rings (SSSR count). The Morgan fingerprint density at radius 2 is 1.57 bits per heavy atom. The number of carbonyl (C=O) groups excluding carboxylic acids is 3. The van der Waals surface area contributed by atoms with Crippen LogP contribution in [0.3, 0.4) is 0 Å². The molecule has 0 unspecified atom stereocenters. The molecule has 0 saturated heterocycles. The minimum Gasteiger partial charge on any atom is -0.490 e. The number of benzene rings is 2. The van der Waals surface area contributed by atoms with Crippen molar-refractivity contribution in [3.63, 3.8) is 0 Å². The van der Waals surface area contributed by atoms with Gasteiger partial charge in [0, 0.05) is 11.6 Å². The topological polar surface area (TPSA) is 88.1 Å². The van der Waals surface area contributed by atoms with E-state index in [9.17, 15) is 14.4 Å². The number of hydrogen-bond donors (Lipinski definition) is 0. The van der Waals surface area contributed by atoms with Crippen LogP contribution in [0.5, 0.6) is 11.5 Å². The van der Waals surface area contributed by atoms with E-state index in [0.29, 0.717) is 22.6 Å². The lowest BCUT2D eigenvalue weighted by Gasteiger charge is -2.08. The van der Waals surface area contributed by atoms with Crippen molar-refractivity contribution in [1.82, 2.24) is 0 Å². The fraction of sp³-hybridized carbons (Fsp3) is 0.174. The Bertz CT molecular complexity index is 925. The van der Waals surface area contributed by atoms with Crippen LogP contribution in [0.1, 0.15) is 22.8 Å². The van der Waals surface area contributed by atoms with Gasteiger partial charge in [0.1, 0.15) is 24.7 Å². The van der Waals surface area contributed by atoms with Crippen LogP contribution >= 0.6 is 0 Å². The Labute approximate surface area is 174 Å². The maximum absolute atomic E-state index is 12.3. The first kappa shape index (κ1) is 22.4. The molecule has 0 radical (unpaired) electrons. The van der Waals surface area contributed by atoms with Crippen molar-refractivity contribution in [2.24, 2.45) is 0 Å². The second-order valence-corrected chi connectivity index (χ2v) is 6.10. The Morgan fingerprint density at radius 1 is 0.933 bits per heavy atom. The monoisotopic (exact) mass is 410 g/mol. The van der Waals surface area contributed by atoms with Gasteiger partial charge in [-0.2, -0.15) is 0 Å². The summed E-state index contributed by atoms with van der Waals surface area (Å²) in [4.78, 5) is 34.6. The van der Waals surface area contributed by atoms with Crippen LogP contribution < -0.4 is 9.47 Å². The first-order valence-electron chi connectivity index (χ1n) is 9.03. The van der Waals surface area contributed by atoms with Gasteiger partial charge in [-0.05, 0) is 55.0 Å². The van der Waals surface area contributed by atoms with E-state index in [0.717, 1.165) is 5.56 Å². The van der Waals surface area contributed by atoms with Crippen molar-refractivity contribution in [2.45, 2.75) is 6.92 Å². The predicted octanol–water partition coefficient (Wildman–Crippen LogP) is 3.59. The second kappa shape index (κ2) is 11.2. The van der Waals surface area contributed by atoms with Crippen molar-refractivity contribution in [3.05, 3.63) is 77.9 Å². The Morgan fingerprint density at radius 3 is 2.17 bits per heavy atom. The van der Waals surface area contributed by atoms with E-state index in [1.54, 1.807) is 61.5 Å². The van der Waals surface area contributed by atoms with E-state index in [2.05, 4.69) is 11.3 Å². The van der Waals surface area contributed by atoms with Crippen molar-refractivity contribution >= 4 is 24.0 Å². The second-order valence-electron chi connectivity index (χ2n) is 6.10. The molecular formula is C23H22O7. The van der Waals surface area contributed by atoms with E-state index in [1.165, 1.54) is 13.2 Å². The minimum absolute atomic E-state index is 0.0975. The normalized spacial score (nSPS) is 10.3. The molecule has 156 valence electrons. The van der Waals surface area contributed by atoms with Gasteiger partial charge in [0.15, 0.2) is 0 Å². The number of methoxy groups -OCH3 is 1. The van der Waals surface area contributed by atoms with E-state index in [-0.39, 0.29) is 13.2 Å². The van der Waals surface area contributed by atoms with Crippen LogP contribution in [0.25, 0.3) is 6.08 Å². The predicted molar refractivity (Wildman–Crippen MR) is 110 cm³/mol. The van der Waals surface area contributed by atoms with Gasteiger partial charge in [-0.25, -0.2) is 14.4 Å². The lowest BCUT2D eigenvalue weighted by Crippen LogP contribution is -2.12. The minimum atomic E-state index is -0.519. The van der Waals surface area contributed by atoms with Crippen molar-refractivity contribution < 1.29 is 33.3 Å². The molecule has 0 N–H and O–H groups in total. The van der Waals surface area contributed by atoms with Crippen LogP contribution in [-0.4, -0.2) is 38.2 Å². The van der Waals surface area contributed by atoms with Gasteiger partial charge >= 0.3 is 17.9 Å². The van der Waals surface area contributed by atoms with Gasteiger partial charge < -0.3 is 18.9 Å². The number of rotatable bonds is 9. The number of carbonyl (C=O) groups is 3. The number of esters is 3. The molecule has 0 aliphatic rings. The smallest absolute Gasteiger partial charge is 0.343 e. The van der Waals surface area contributed by atoms with Gasteiger partial charge in [-0.3, -0.25) is 0 Å². The molecule has 0 heterocycles. The summed E-state index contributed by atoms with van der Waals surface area (Å²) in [7, 11) is 1.30. The fourth-order valence-electron chi connectivity index (χ4n) is 2.15. The zero-order valence-corrected chi connectivity index (χ0v) is 16.8. The van der Waals surface area contributed by atoms with Crippen LogP contribution in [0.2, 0.25) is 0 Å². The molecule has 0 amide bonds. The third-order valence-electron chi connectivity index (χ3n) is 3.73. The Kier molecular flexibility index (Phi) is 8.38. The molecule has 7 heteroatoms. The quantitative estimate of drug-likeness (QED) is 0.270. The molecule has 0 saturated carbocycles. The SMILES string of the molecule is C=C(C)C(=O)OCCOc1ccc(C(=O)Oc2ccc(/C=C/C(=O)OC)cc2)cc1. The fourth-order valence-corrected chi connectivity index (χ4v) is 2.15. The molecule has 0 atom stereocenters. The molecule has 7 nitrogen and oxygen atoms in total. The lowest BCUT2D eigenvalue weighted by molar-refractivity contribution is -0.139. The Hall–Kier alpha value is -3.87. The molecule has 30 heavy (non-hydrogen) atoms. The highest BCUT2D eigenvalue weighted by Gasteiger charge is 2.09. The van der Waals surface area contributed by atoms with E-state index < -0.39 is 17.9 Å². The van der Waals surface area contributed by atoms with Crippen molar-refractivity contribution in [3.8, 4) is 11.5 Å². The molecule has 2 aromatic carbocycles. The van der Waals surface area contributed by atoms with Crippen molar-refractivity contribution in [2.75, 3.05) is 20.3 Å². The van der Waals surface area contributed by atoms with Crippen molar-refractivity contribution in [1.29, 1.82) is 0 Å². The van der Waals surface area contributed by atoms with Gasteiger partial charge in [0.25, 0.3) is 0 Å². The van der Waals surface area contributed by atoms with Crippen LogP contribution in [-0.2, 0) is 19.1 Å². The van der Waals surface area contributed by atoms with Gasteiger partial charge in [0.2, 0.25) is 0 Å². The average molecular weight is 410 g/mol. The van der Waals surface area contributed by atoms with Gasteiger partial charge in [0.05, 0.1) is 12.7 Å². The highest BCUT2D eigenvalue weighted by Crippen LogP contribution is 2.17. The third-order valence-corrected chi connectivity index (χ3v) is 3.73.